The predicted molar refractivity (Wildman–Crippen MR) is 80.8 cm³/mol. The van der Waals surface area contributed by atoms with Crippen molar-refractivity contribution < 1.29 is 9.84 Å². The standard InChI is InChI=1S/C17H27NO2/c1-13(2)20-15-10-14(11-18-12-15)17(19)7-5-6-16(3,4)8-9-17/h10-13,19H,5-9H2,1-4H3. The van der Waals surface area contributed by atoms with Gasteiger partial charge in [-0.15, -0.1) is 0 Å². The zero-order valence-electron chi connectivity index (χ0n) is 13.1. The van der Waals surface area contributed by atoms with Gasteiger partial charge >= 0.3 is 0 Å². The maximum absolute atomic E-state index is 11.0. The molecular formula is C17H27NO2. The maximum atomic E-state index is 11.0. The van der Waals surface area contributed by atoms with E-state index >= 15 is 0 Å². The minimum Gasteiger partial charge on any atom is -0.489 e. The number of nitrogens with zero attached hydrogens (tertiary/aromatic N) is 1. The van der Waals surface area contributed by atoms with Gasteiger partial charge in [0.2, 0.25) is 0 Å². The molecule has 1 aliphatic rings. The fourth-order valence-corrected chi connectivity index (χ4v) is 2.95. The van der Waals surface area contributed by atoms with Gasteiger partial charge in [0.1, 0.15) is 5.75 Å². The monoisotopic (exact) mass is 277 g/mol. The lowest BCUT2D eigenvalue weighted by molar-refractivity contribution is 0.0174. The molecule has 0 spiro atoms. The molecule has 1 heterocycles. The molecule has 1 fully saturated rings. The van der Waals surface area contributed by atoms with Crippen molar-refractivity contribution in [2.24, 2.45) is 5.41 Å². The highest BCUT2D eigenvalue weighted by molar-refractivity contribution is 5.28. The van der Waals surface area contributed by atoms with Crippen LogP contribution in [0.3, 0.4) is 0 Å². The van der Waals surface area contributed by atoms with Crippen molar-refractivity contribution in [3.05, 3.63) is 24.0 Å². The molecule has 112 valence electrons. The van der Waals surface area contributed by atoms with E-state index in [9.17, 15) is 5.11 Å². The van der Waals surface area contributed by atoms with Gasteiger partial charge in [0, 0.05) is 11.8 Å². The lowest BCUT2D eigenvalue weighted by Crippen LogP contribution is -2.25. The first-order valence-electron chi connectivity index (χ1n) is 7.65. The van der Waals surface area contributed by atoms with Gasteiger partial charge in [-0.3, -0.25) is 4.98 Å². The second-order valence-corrected chi connectivity index (χ2v) is 7.13. The molecule has 1 N–H and O–H groups in total. The van der Waals surface area contributed by atoms with Gasteiger partial charge in [-0.2, -0.15) is 0 Å². The van der Waals surface area contributed by atoms with E-state index in [1.165, 1.54) is 6.42 Å². The fraction of sp³-hybridized carbons (Fsp3) is 0.706. The number of ether oxygens (including phenoxy) is 1. The number of hydrogen-bond donors (Lipinski definition) is 1. The first-order valence-corrected chi connectivity index (χ1v) is 7.65. The molecule has 0 bridgehead atoms. The topological polar surface area (TPSA) is 42.4 Å². The van der Waals surface area contributed by atoms with Gasteiger partial charge in [0.25, 0.3) is 0 Å². The van der Waals surface area contributed by atoms with Crippen molar-refractivity contribution in [3.8, 4) is 5.75 Å². The Morgan fingerprint density at radius 3 is 2.60 bits per heavy atom. The summed E-state index contributed by atoms with van der Waals surface area (Å²) in [6, 6.07) is 1.95. The van der Waals surface area contributed by atoms with Gasteiger partial charge < -0.3 is 9.84 Å². The number of rotatable bonds is 3. The first kappa shape index (κ1) is 15.3. The summed E-state index contributed by atoms with van der Waals surface area (Å²) in [7, 11) is 0. The molecule has 1 atom stereocenters. The minimum atomic E-state index is -0.753. The second kappa shape index (κ2) is 5.72. The zero-order valence-corrected chi connectivity index (χ0v) is 13.1. The largest absolute Gasteiger partial charge is 0.489 e. The van der Waals surface area contributed by atoms with E-state index in [0.29, 0.717) is 5.41 Å². The third-order valence-electron chi connectivity index (χ3n) is 4.28. The summed E-state index contributed by atoms with van der Waals surface area (Å²) in [5.74, 6) is 0.745. The van der Waals surface area contributed by atoms with E-state index in [1.807, 2.05) is 19.9 Å². The Morgan fingerprint density at radius 1 is 1.15 bits per heavy atom. The van der Waals surface area contributed by atoms with Crippen LogP contribution in [-0.4, -0.2) is 16.2 Å². The molecule has 3 nitrogen and oxygen atoms in total. The van der Waals surface area contributed by atoms with Crippen LogP contribution in [0.4, 0.5) is 0 Å². The van der Waals surface area contributed by atoms with Crippen molar-refractivity contribution >= 4 is 0 Å². The van der Waals surface area contributed by atoms with Crippen molar-refractivity contribution in [3.63, 3.8) is 0 Å². The number of hydrogen-bond acceptors (Lipinski definition) is 3. The van der Waals surface area contributed by atoms with E-state index in [1.54, 1.807) is 12.4 Å². The quantitative estimate of drug-likeness (QED) is 0.848. The van der Waals surface area contributed by atoms with Crippen LogP contribution in [0.2, 0.25) is 0 Å². The number of aromatic nitrogens is 1. The Balaban J connectivity index is 2.21. The SMILES string of the molecule is CC(C)Oc1cncc(C2(O)CCCC(C)(C)CC2)c1. The third kappa shape index (κ3) is 3.72. The highest BCUT2D eigenvalue weighted by Crippen LogP contribution is 2.43. The summed E-state index contributed by atoms with van der Waals surface area (Å²) in [6.07, 6.45) is 8.49. The molecule has 2 rings (SSSR count). The van der Waals surface area contributed by atoms with E-state index in [2.05, 4.69) is 18.8 Å². The van der Waals surface area contributed by atoms with Crippen LogP contribution in [0.15, 0.2) is 18.5 Å². The van der Waals surface area contributed by atoms with Gasteiger partial charge in [-0.1, -0.05) is 13.8 Å². The Labute approximate surface area is 122 Å². The Hall–Kier alpha value is -1.09. The molecule has 0 amide bonds. The first-order chi connectivity index (χ1) is 9.31. The van der Waals surface area contributed by atoms with E-state index in [-0.39, 0.29) is 6.10 Å². The smallest absolute Gasteiger partial charge is 0.138 e. The average Bonchev–Trinajstić information content (AvgIpc) is 2.49. The molecule has 0 radical (unpaired) electrons. The maximum Gasteiger partial charge on any atom is 0.138 e. The van der Waals surface area contributed by atoms with Crippen LogP contribution in [-0.2, 0) is 5.60 Å². The number of aliphatic hydroxyl groups is 1. The highest BCUT2D eigenvalue weighted by atomic mass is 16.5. The summed E-state index contributed by atoms with van der Waals surface area (Å²) in [5.41, 5.74) is 0.467. The van der Waals surface area contributed by atoms with E-state index < -0.39 is 5.60 Å². The van der Waals surface area contributed by atoms with Gasteiger partial charge in [0.05, 0.1) is 17.9 Å². The van der Waals surface area contributed by atoms with Crippen LogP contribution < -0.4 is 4.74 Å². The van der Waals surface area contributed by atoms with Crippen LogP contribution in [0.5, 0.6) is 5.75 Å². The molecule has 20 heavy (non-hydrogen) atoms. The predicted octanol–water partition coefficient (Wildman–Crippen LogP) is 4.05. The molecule has 1 aromatic rings. The summed E-state index contributed by atoms with van der Waals surface area (Å²) in [5, 5.41) is 11.0. The van der Waals surface area contributed by atoms with Gasteiger partial charge in [0.15, 0.2) is 0 Å². The third-order valence-corrected chi connectivity index (χ3v) is 4.28. The van der Waals surface area contributed by atoms with Crippen LogP contribution in [0, 0.1) is 5.41 Å². The van der Waals surface area contributed by atoms with Gasteiger partial charge in [-0.05, 0) is 57.4 Å². The van der Waals surface area contributed by atoms with Crippen molar-refractivity contribution in [1.82, 2.24) is 4.98 Å². The summed E-state index contributed by atoms with van der Waals surface area (Å²) >= 11 is 0. The molecule has 0 aromatic carbocycles. The molecule has 1 aromatic heterocycles. The normalized spacial score (nSPS) is 26.3. The molecule has 1 unspecified atom stereocenters. The lowest BCUT2D eigenvalue weighted by Gasteiger charge is -2.28. The minimum absolute atomic E-state index is 0.120. The number of pyridine rings is 1. The highest BCUT2D eigenvalue weighted by Gasteiger charge is 2.35. The van der Waals surface area contributed by atoms with Crippen molar-refractivity contribution in [1.29, 1.82) is 0 Å². The summed E-state index contributed by atoms with van der Waals surface area (Å²) in [6.45, 7) is 8.57. The van der Waals surface area contributed by atoms with Crippen molar-refractivity contribution in [2.45, 2.75) is 71.5 Å². The fourth-order valence-electron chi connectivity index (χ4n) is 2.95. The van der Waals surface area contributed by atoms with Crippen LogP contribution in [0.25, 0.3) is 0 Å². The molecule has 0 aliphatic heterocycles. The molecule has 3 heteroatoms. The zero-order chi connectivity index (χ0) is 14.8. The van der Waals surface area contributed by atoms with E-state index in [4.69, 9.17) is 4.74 Å². The molecular weight excluding hydrogens is 250 g/mol. The molecule has 1 aliphatic carbocycles. The van der Waals surface area contributed by atoms with Gasteiger partial charge in [-0.25, -0.2) is 0 Å². The Bertz CT molecular complexity index is 456. The average molecular weight is 277 g/mol. The summed E-state index contributed by atoms with van der Waals surface area (Å²) < 4.78 is 5.69. The van der Waals surface area contributed by atoms with Crippen LogP contribution >= 0.6 is 0 Å². The lowest BCUT2D eigenvalue weighted by atomic mass is 9.83. The second-order valence-electron chi connectivity index (χ2n) is 7.13. The Morgan fingerprint density at radius 2 is 1.90 bits per heavy atom. The summed E-state index contributed by atoms with van der Waals surface area (Å²) in [4.78, 5) is 4.24. The van der Waals surface area contributed by atoms with Crippen LogP contribution in [0.1, 0.15) is 65.4 Å². The van der Waals surface area contributed by atoms with Crippen molar-refractivity contribution in [2.75, 3.05) is 0 Å². The molecule has 0 saturated heterocycles. The van der Waals surface area contributed by atoms with E-state index in [0.717, 1.165) is 37.0 Å². The molecule has 1 saturated carbocycles. The Kier molecular flexibility index (Phi) is 4.38.